The van der Waals surface area contributed by atoms with E-state index >= 15 is 0 Å². The molecule has 0 aromatic heterocycles. The summed E-state index contributed by atoms with van der Waals surface area (Å²) in [7, 11) is 1.51. The van der Waals surface area contributed by atoms with E-state index in [2.05, 4.69) is 12.2 Å². The van der Waals surface area contributed by atoms with Gasteiger partial charge < -0.3 is 10.1 Å². The Bertz CT molecular complexity index is 242. The predicted octanol–water partition coefficient (Wildman–Crippen LogP) is 1.72. The number of nitrogens with one attached hydrogen (secondary N) is 1. The number of rotatable bonds is 1. The van der Waals surface area contributed by atoms with Crippen molar-refractivity contribution in [2.45, 2.75) is 51.1 Å². The van der Waals surface area contributed by atoms with Crippen molar-refractivity contribution >= 4 is 5.97 Å². The van der Waals surface area contributed by atoms with E-state index in [0.29, 0.717) is 18.0 Å². The van der Waals surface area contributed by atoms with Crippen LogP contribution in [0.5, 0.6) is 0 Å². The van der Waals surface area contributed by atoms with Crippen LogP contribution in [-0.4, -0.2) is 25.2 Å². The molecule has 3 heteroatoms. The molecule has 3 nitrogen and oxygen atoms in total. The van der Waals surface area contributed by atoms with E-state index in [-0.39, 0.29) is 11.9 Å². The van der Waals surface area contributed by atoms with E-state index in [4.69, 9.17) is 4.74 Å². The Kier molecular flexibility index (Phi) is 3.29. The number of esters is 1. The van der Waals surface area contributed by atoms with Crippen LogP contribution in [0.2, 0.25) is 0 Å². The third kappa shape index (κ3) is 2.17. The molecule has 0 aromatic rings. The molecule has 0 amide bonds. The van der Waals surface area contributed by atoms with Crippen LogP contribution in [0.1, 0.15) is 39.0 Å². The Balaban J connectivity index is 2.09. The van der Waals surface area contributed by atoms with Crippen LogP contribution in [-0.2, 0) is 9.53 Å². The van der Waals surface area contributed by atoms with E-state index in [1.807, 2.05) is 0 Å². The highest BCUT2D eigenvalue weighted by Crippen LogP contribution is 2.37. The van der Waals surface area contributed by atoms with Gasteiger partial charge in [-0.2, -0.15) is 0 Å². The Morgan fingerprint density at radius 2 is 2.07 bits per heavy atom. The molecule has 1 aliphatic heterocycles. The van der Waals surface area contributed by atoms with Gasteiger partial charge in [0, 0.05) is 12.1 Å². The number of piperidine rings is 1. The van der Waals surface area contributed by atoms with Crippen LogP contribution in [0, 0.1) is 11.8 Å². The quantitative estimate of drug-likeness (QED) is 0.671. The van der Waals surface area contributed by atoms with E-state index in [9.17, 15) is 4.79 Å². The van der Waals surface area contributed by atoms with Gasteiger partial charge in [0.25, 0.3) is 0 Å². The second kappa shape index (κ2) is 4.52. The van der Waals surface area contributed by atoms with Crippen molar-refractivity contribution in [1.29, 1.82) is 0 Å². The maximum Gasteiger partial charge on any atom is 0.309 e. The summed E-state index contributed by atoms with van der Waals surface area (Å²) < 4.78 is 4.92. The smallest absolute Gasteiger partial charge is 0.309 e. The molecule has 0 bridgehead atoms. The van der Waals surface area contributed by atoms with Gasteiger partial charge in [-0.25, -0.2) is 0 Å². The first-order valence-corrected chi connectivity index (χ1v) is 6.06. The van der Waals surface area contributed by atoms with Crippen molar-refractivity contribution in [2.75, 3.05) is 7.11 Å². The number of hydrogen-bond donors (Lipinski definition) is 1. The first kappa shape index (κ1) is 10.9. The molecule has 1 aliphatic carbocycles. The van der Waals surface area contributed by atoms with Crippen LogP contribution >= 0.6 is 0 Å². The van der Waals surface area contributed by atoms with Crippen LogP contribution in [0.25, 0.3) is 0 Å². The van der Waals surface area contributed by atoms with Crippen LogP contribution < -0.4 is 5.32 Å². The second-order valence-corrected chi connectivity index (χ2v) is 4.99. The largest absolute Gasteiger partial charge is 0.469 e. The van der Waals surface area contributed by atoms with Crippen molar-refractivity contribution in [2.24, 2.45) is 11.8 Å². The summed E-state index contributed by atoms with van der Waals surface area (Å²) in [6, 6.07) is 1.00. The molecule has 86 valence electrons. The number of fused-ring (bicyclic) bond motifs is 1. The Morgan fingerprint density at radius 3 is 2.80 bits per heavy atom. The lowest BCUT2D eigenvalue weighted by molar-refractivity contribution is -0.150. The normalized spacial score (nSPS) is 40.7. The molecule has 15 heavy (non-hydrogen) atoms. The van der Waals surface area contributed by atoms with Crippen molar-refractivity contribution < 1.29 is 9.53 Å². The van der Waals surface area contributed by atoms with Crippen LogP contribution in [0.15, 0.2) is 0 Å². The molecule has 1 heterocycles. The summed E-state index contributed by atoms with van der Waals surface area (Å²) in [4.78, 5) is 11.7. The van der Waals surface area contributed by atoms with Crippen molar-refractivity contribution in [1.82, 2.24) is 5.32 Å². The van der Waals surface area contributed by atoms with Gasteiger partial charge in [0.05, 0.1) is 13.0 Å². The van der Waals surface area contributed by atoms with Gasteiger partial charge in [-0.1, -0.05) is 12.8 Å². The molecule has 2 aliphatic rings. The minimum atomic E-state index is 0.000231. The van der Waals surface area contributed by atoms with Gasteiger partial charge in [-0.05, 0) is 32.1 Å². The highest BCUT2D eigenvalue weighted by Gasteiger charge is 2.41. The first-order valence-electron chi connectivity index (χ1n) is 6.06. The number of methoxy groups -OCH3 is 1. The number of ether oxygens (including phenoxy) is 1. The monoisotopic (exact) mass is 211 g/mol. The summed E-state index contributed by atoms with van der Waals surface area (Å²) in [6.07, 6.45) is 5.92. The van der Waals surface area contributed by atoms with Crippen molar-refractivity contribution in [3.05, 3.63) is 0 Å². The maximum absolute atomic E-state index is 11.7. The average Bonchev–Trinajstić information content (AvgIpc) is 2.26. The SMILES string of the molecule is COC(=O)[C@H]1C[C@H](C)NC2CCCCC21. The molecule has 4 atom stereocenters. The van der Waals surface area contributed by atoms with Gasteiger partial charge in [0.2, 0.25) is 0 Å². The van der Waals surface area contributed by atoms with Crippen LogP contribution in [0.3, 0.4) is 0 Å². The third-order valence-corrected chi connectivity index (χ3v) is 3.95. The highest BCUT2D eigenvalue weighted by molar-refractivity contribution is 5.73. The molecule has 2 fully saturated rings. The summed E-state index contributed by atoms with van der Waals surface area (Å²) in [6.45, 7) is 2.17. The standard InChI is InChI=1S/C12H21NO2/c1-8-7-10(12(14)15-2)9-5-3-4-6-11(9)13-8/h8-11,13H,3-7H2,1-2H3/t8-,9?,10-,11?/m0/s1. The molecule has 1 saturated carbocycles. The maximum atomic E-state index is 11.7. The number of carbonyl (C=O) groups is 1. The van der Waals surface area contributed by atoms with Crippen LogP contribution in [0.4, 0.5) is 0 Å². The fourth-order valence-electron chi connectivity index (χ4n) is 3.26. The molecule has 0 aromatic carbocycles. The highest BCUT2D eigenvalue weighted by atomic mass is 16.5. The predicted molar refractivity (Wildman–Crippen MR) is 58.5 cm³/mol. The van der Waals surface area contributed by atoms with Gasteiger partial charge in [-0.3, -0.25) is 4.79 Å². The molecule has 2 rings (SSSR count). The lowest BCUT2D eigenvalue weighted by atomic mass is 9.71. The zero-order valence-corrected chi connectivity index (χ0v) is 9.66. The molecule has 1 saturated heterocycles. The first-order chi connectivity index (χ1) is 7.22. The zero-order chi connectivity index (χ0) is 10.8. The fourth-order valence-corrected chi connectivity index (χ4v) is 3.26. The molecule has 0 radical (unpaired) electrons. The van der Waals surface area contributed by atoms with Gasteiger partial charge in [-0.15, -0.1) is 0 Å². The molecular weight excluding hydrogens is 190 g/mol. The Hall–Kier alpha value is -0.570. The van der Waals surface area contributed by atoms with Gasteiger partial charge in [0.1, 0.15) is 0 Å². The van der Waals surface area contributed by atoms with E-state index in [0.717, 1.165) is 6.42 Å². The van der Waals surface area contributed by atoms with E-state index in [1.54, 1.807) is 0 Å². The average molecular weight is 211 g/mol. The van der Waals surface area contributed by atoms with E-state index < -0.39 is 0 Å². The molecule has 2 unspecified atom stereocenters. The van der Waals surface area contributed by atoms with Gasteiger partial charge >= 0.3 is 5.97 Å². The minimum Gasteiger partial charge on any atom is -0.469 e. The molecule has 0 spiro atoms. The lowest BCUT2D eigenvalue weighted by Crippen LogP contribution is -2.53. The second-order valence-electron chi connectivity index (χ2n) is 4.99. The van der Waals surface area contributed by atoms with Crippen molar-refractivity contribution in [3.8, 4) is 0 Å². The summed E-state index contributed by atoms with van der Waals surface area (Å²) in [5, 5.41) is 3.62. The topological polar surface area (TPSA) is 38.3 Å². The Labute approximate surface area is 91.6 Å². The molecule has 1 N–H and O–H groups in total. The molecular formula is C12H21NO2. The minimum absolute atomic E-state index is 0.000231. The Morgan fingerprint density at radius 1 is 1.33 bits per heavy atom. The van der Waals surface area contributed by atoms with Gasteiger partial charge in [0.15, 0.2) is 0 Å². The lowest BCUT2D eigenvalue weighted by Gasteiger charge is -2.43. The van der Waals surface area contributed by atoms with Crippen molar-refractivity contribution in [3.63, 3.8) is 0 Å². The number of carbonyl (C=O) groups excluding carboxylic acids is 1. The summed E-state index contributed by atoms with van der Waals surface area (Å²) >= 11 is 0. The summed E-state index contributed by atoms with van der Waals surface area (Å²) in [5.74, 6) is 0.652. The van der Waals surface area contributed by atoms with E-state index in [1.165, 1.54) is 32.8 Å². The fraction of sp³-hybridized carbons (Fsp3) is 0.917. The third-order valence-electron chi connectivity index (χ3n) is 3.95. The summed E-state index contributed by atoms with van der Waals surface area (Å²) in [5.41, 5.74) is 0. The number of hydrogen-bond acceptors (Lipinski definition) is 3. The zero-order valence-electron chi connectivity index (χ0n) is 9.66.